The van der Waals surface area contributed by atoms with E-state index in [2.05, 4.69) is 5.32 Å². The maximum Gasteiger partial charge on any atom is 0.340 e. The summed E-state index contributed by atoms with van der Waals surface area (Å²) < 4.78 is 32.2. The summed E-state index contributed by atoms with van der Waals surface area (Å²) in [4.78, 5) is 24.1. The SMILES string of the molecule is CC(C)(C)NC(=O)COC(=O)c1ccccc1S(=O)(=O)N1CCCCC1. The van der Waals surface area contributed by atoms with Crippen LogP contribution in [0.15, 0.2) is 29.2 Å². The Bertz CT molecular complexity index is 762. The summed E-state index contributed by atoms with van der Waals surface area (Å²) in [6.07, 6.45) is 2.61. The molecule has 0 aliphatic carbocycles. The molecule has 0 atom stereocenters. The molecule has 0 spiro atoms. The zero-order valence-corrected chi connectivity index (χ0v) is 16.3. The smallest absolute Gasteiger partial charge is 0.340 e. The molecule has 0 unspecified atom stereocenters. The number of benzene rings is 1. The van der Waals surface area contributed by atoms with Crippen molar-refractivity contribution < 1.29 is 22.7 Å². The maximum atomic E-state index is 12.9. The van der Waals surface area contributed by atoms with Crippen LogP contribution in [0.2, 0.25) is 0 Å². The summed E-state index contributed by atoms with van der Waals surface area (Å²) in [7, 11) is -3.77. The fourth-order valence-corrected chi connectivity index (χ4v) is 4.46. The van der Waals surface area contributed by atoms with Gasteiger partial charge in [-0.25, -0.2) is 13.2 Å². The van der Waals surface area contributed by atoms with E-state index in [9.17, 15) is 18.0 Å². The van der Waals surface area contributed by atoms with Crippen LogP contribution in [0.5, 0.6) is 0 Å². The molecule has 1 N–H and O–H groups in total. The van der Waals surface area contributed by atoms with Crippen molar-refractivity contribution in [3.8, 4) is 0 Å². The minimum Gasteiger partial charge on any atom is -0.452 e. The van der Waals surface area contributed by atoms with Gasteiger partial charge in [-0.3, -0.25) is 4.79 Å². The van der Waals surface area contributed by atoms with Gasteiger partial charge in [-0.05, 0) is 45.7 Å². The normalized spacial score (nSPS) is 16.1. The number of rotatable bonds is 5. The number of carbonyl (C=O) groups is 2. The molecule has 0 bridgehead atoms. The molecule has 1 fully saturated rings. The third kappa shape index (κ3) is 5.28. The van der Waals surface area contributed by atoms with E-state index in [0.717, 1.165) is 19.3 Å². The largest absolute Gasteiger partial charge is 0.452 e. The number of carbonyl (C=O) groups excluding carboxylic acids is 2. The fourth-order valence-electron chi connectivity index (χ4n) is 2.77. The number of nitrogens with zero attached hydrogens (tertiary/aromatic N) is 1. The first-order valence-corrected chi connectivity index (χ1v) is 10.1. The van der Waals surface area contributed by atoms with Crippen LogP contribution in [-0.4, -0.2) is 49.8 Å². The van der Waals surface area contributed by atoms with Crippen LogP contribution < -0.4 is 5.32 Å². The quantitative estimate of drug-likeness (QED) is 0.786. The van der Waals surface area contributed by atoms with E-state index < -0.39 is 34.0 Å². The number of amides is 1. The van der Waals surface area contributed by atoms with E-state index in [0.29, 0.717) is 13.1 Å². The molecule has 7 nitrogen and oxygen atoms in total. The molecule has 0 aromatic heterocycles. The highest BCUT2D eigenvalue weighted by Crippen LogP contribution is 2.24. The molecule has 1 aliphatic rings. The van der Waals surface area contributed by atoms with E-state index in [-0.39, 0.29) is 10.5 Å². The van der Waals surface area contributed by atoms with Crippen LogP contribution in [-0.2, 0) is 19.6 Å². The molecular formula is C18H26N2O5S. The Hall–Kier alpha value is -1.93. The van der Waals surface area contributed by atoms with Crippen molar-refractivity contribution in [2.24, 2.45) is 0 Å². The van der Waals surface area contributed by atoms with Gasteiger partial charge in [-0.2, -0.15) is 4.31 Å². The topological polar surface area (TPSA) is 92.8 Å². The standard InChI is InChI=1S/C18H26N2O5S/c1-18(2,3)19-16(21)13-25-17(22)14-9-5-6-10-15(14)26(23,24)20-11-7-4-8-12-20/h5-6,9-10H,4,7-8,11-13H2,1-3H3,(H,19,21). The van der Waals surface area contributed by atoms with Crippen molar-refractivity contribution in [1.82, 2.24) is 9.62 Å². The number of sulfonamides is 1. The van der Waals surface area contributed by atoms with Crippen molar-refractivity contribution in [3.63, 3.8) is 0 Å². The van der Waals surface area contributed by atoms with Gasteiger partial charge in [0.25, 0.3) is 5.91 Å². The van der Waals surface area contributed by atoms with Gasteiger partial charge in [-0.1, -0.05) is 18.6 Å². The van der Waals surface area contributed by atoms with Crippen LogP contribution in [0.1, 0.15) is 50.4 Å². The van der Waals surface area contributed by atoms with Gasteiger partial charge >= 0.3 is 5.97 Å². The first kappa shape index (κ1) is 20.4. The summed E-state index contributed by atoms with van der Waals surface area (Å²) in [6.45, 7) is 5.86. The molecular weight excluding hydrogens is 356 g/mol. The summed E-state index contributed by atoms with van der Waals surface area (Å²) in [5.41, 5.74) is -0.499. The number of hydrogen-bond donors (Lipinski definition) is 1. The van der Waals surface area contributed by atoms with Gasteiger partial charge in [-0.15, -0.1) is 0 Å². The van der Waals surface area contributed by atoms with Gasteiger partial charge in [0, 0.05) is 18.6 Å². The van der Waals surface area contributed by atoms with Crippen LogP contribution >= 0.6 is 0 Å². The second kappa shape index (κ2) is 8.18. The molecule has 26 heavy (non-hydrogen) atoms. The lowest BCUT2D eigenvalue weighted by molar-refractivity contribution is -0.125. The molecule has 1 amide bonds. The second-order valence-electron chi connectivity index (χ2n) is 7.34. The molecule has 1 aliphatic heterocycles. The van der Waals surface area contributed by atoms with Crippen LogP contribution in [0.3, 0.4) is 0 Å². The monoisotopic (exact) mass is 382 g/mol. The van der Waals surface area contributed by atoms with E-state index in [1.54, 1.807) is 12.1 Å². The van der Waals surface area contributed by atoms with Crippen LogP contribution in [0, 0.1) is 0 Å². The van der Waals surface area contributed by atoms with Crippen molar-refractivity contribution in [2.45, 2.75) is 50.5 Å². The second-order valence-corrected chi connectivity index (χ2v) is 9.24. The first-order valence-electron chi connectivity index (χ1n) is 8.68. The highest BCUT2D eigenvalue weighted by atomic mass is 32.2. The molecule has 0 saturated carbocycles. The van der Waals surface area contributed by atoms with Gasteiger partial charge < -0.3 is 10.1 Å². The van der Waals surface area contributed by atoms with Gasteiger partial charge in [0.2, 0.25) is 10.0 Å². The van der Waals surface area contributed by atoms with Gasteiger partial charge in [0.15, 0.2) is 6.61 Å². The average molecular weight is 382 g/mol. The van der Waals surface area contributed by atoms with Gasteiger partial charge in [0.05, 0.1) is 10.5 Å². The minimum atomic E-state index is -3.77. The molecule has 1 heterocycles. The molecule has 1 aromatic carbocycles. The minimum absolute atomic E-state index is 0.0540. The van der Waals surface area contributed by atoms with E-state index in [4.69, 9.17) is 4.74 Å². The van der Waals surface area contributed by atoms with Gasteiger partial charge in [0.1, 0.15) is 0 Å². The Morgan fingerprint density at radius 2 is 1.73 bits per heavy atom. The Labute approximate surface area is 154 Å². The summed E-state index contributed by atoms with van der Waals surface area (Å²) in [5, 5.41) is 2.68. The van der Waals surface area contributed by atoms with E-state index in [1.165, 1.54) is 16.4 Å². The molecule has 0 radical (unpaired) electrons. The van der Waals surface area contributed by atoms with Crippen molar-refractivity contribution in [3.05, 3.63) is 29.8 Å². The summed E-state index contributed by atoms with van der Waals surface area (Å²) in [6, 6.07) is 5.94. The van der Waals surface area contributed by atoms with Crippen molar-refractivity contribution in [1.29, 1.82) is 0 Å². The lowest BCUT2D eigenvalue weighted by Crippen LogP contribution is -2.42. The van der Waals surface area contributed by atoms with Crippen molar-refractivity contribution in [2.75, 3.05) is 19.7 Å². The summed E-state index contributed by atoms with van der Waals surface area (Å²) in [5.74, 6) is -1.27. The zero-order valence-electron chi connectivity index (χ0n) is 15.4. The molecule has 1 saturated heterocycles. The number of esters is 1. The third-order valence-electron chi connectivity index (χ3n) is 3.89. The van der Waals surface area contributed by atoms with Crippen LogP contribution in [0.25, 0.3) is 0 Å². The predicted molar refractivity (Wildman–Crippen MR) is 97.2 cm³/mol. The Morgan fingerprint density at radius 1 is 1.12 bits per heavy atom. The highest BCUT2D eigenvalue weighted by molar-refractivity contribution is 7.89. The van der Waals surface area contributed by atoms with E-state index >= 15 is 0 Å². The average Bonchev–Trinajstić information content (AvgIpc) is 2.59. The predicted octanol–water partition coefficient (Wildman–Crippen LogP) is 1.93. The molecule has 8 heteroatoms. The highest BCUT2D eigenvalue weighted by Gasteiger charge is 2.30. The molecule has 144 valence electrons. The number of ether oxygens (including phenoxy) is 1. The number of hydrogen-bond acceptors (Lipinski definition) is 5. The zero-order chi connectivity index (χ0) is 19.4. The fraction of sp³-hybridized carbons (Fsp3) is 0.556. The molecule has 1 aromatic rings. The Morgan fingerprint density at radius 3 is 2.35 bits per heavy atom. The number of piperidine rings is 1. The maximum absolute atomic E-state index is 12.9. The Balaban J connectivity index is 2.15. The van der Waals surface area contributed by atoms with Crippen LogP contribution in [0.4, 0.5) is 0 Å². The lowest BCUT2D eigenvalue weighted by Gasteiger charge is -2.26. The molecule has 2 rings (SSSR count). The Kier molecular flexibility index (Phi) is 6.41. The van der Waals surface area contributed by atoms with E-state index in [1.807, 2.05) is 20.8 Å². The van der Waals surface area contributed by atoms with Crippen molar-refractivity contribution >= 4 is 21.9 Å². The number of nitrogens with one attached hydrogen (secondary N) is 1. The first-order chi connectivity index (χ1) is 12.1. The summed E-state index contributed by atoms with van der Waals surface area (Å²) >= 11 is 0. The lowest BCUT2D eigenvalue weighted by atomic mass is 10.1. The third-order valence-corrected chi connectivity index (χ3v) is 5.85.